The lowest BCUT2D eigenvalue weighted by Crippen LogP contribution is -2.40. The molecule has 112 valence electrons. The molecule has 2 rings (SSSR count). The number of hydrogen-bond acceptors (Lipinski definition) is 3. The van der Waals surface area contributed by atoms with Crippen LogP contribution in [-0.2, 0) is 24.2 Å². The number of carbonyl (C=O) groups is 1. The van der Waals surface area contributed by atoms with E-state index in [2.05, 4.69) is 25.0 Å². The first kappa shape index (κ1) is 15.0. The molecule has 1 aromatic heterocycles. The van der Waals surface area contributed by atoms with Gasteiger partial charge in [0.2, 0.25) is 0 Å². The Kier molecular flexibility index (Phi) is 4.48. The highest BCUT2D eigenvalue weighted by Crippen LogP contribution is 2.33. The lowest BCUT2D eigenvalue weighted by molar-refractivity contribution is -0.145. The minimum absolute atomic E-state index is 0.301. The third kappa shape index (κ3) is 3.20. The molecule has 0 atom stereocenters. The number of aliphatic carboxylic acids is 1. The van der Waals surface area contributed by atoms with Crippen LogP contribution in [0.4, 0.5) is 0 Å². The van der Waals surface area contributed by atoms with Crippen molar-refractivity contribution in [1.82, 2.24) is 9.78 Å². The van der Waals surface area contributed by atoms with Crippen molar-refractivity contribution < 1.29 is 15.0 Å². The van der Waals surface area contributed by atoms with E-state index in [0.29, 0.717) is 32.2 Å². The van der Waals surface area contributed by atoms with E-state index in [1.165, 1.54) is 0 Å². The van der Waals surface area contributed by atoms with Gasteiger partial charge in [-0.05, 0) is 44.6 Å². The molecular weight excluding hydrogens is 256 g/mol. The van der Waals surface area contributed by atoms with Gasteiger partial charge in [0, 0.05) is 5.69 Å². The summed E-state index contributed by atoms with van der Waals surface area (Å²) in [5.74, 6) is -1.04. The van der Waals surface area contributed by atoms with E-state index in [9.17, 15) is 9.90 Å². The molecule has 5 heteroatoms. The number of carboxylic acid groups (broad SMARTS) is 1. The summed E-state index contributed by atoms with van der Waals surface area (Å²) >= 11 is 0. The number of carboxylic acids is 1. The second kappa shape index (κ2) is 5.95. The molecule has 1 aliphatic carbocycles. The van der Waals surface area contributed by atoms with Gasteiger partial charge in [-0.2, -0.15) is 5.10 Å². The van der Waals surface area contributed by atoms with Gasteiger partial charge in [0.15, 0.2) is 0 Å². The minimum atomic E-state index is -0.813. The maximum Gasteiger partial charge on any atom is 0.306 e. The number of nitrogens with zero attached hydrogens (tertiary/aromatic N) is 2. The van der Waals surface area contributed by atoms with E-state index in [4.69, 9.17) is 5.11 Å². The Morgan fingerprint density at radius 2 is 2.05 bits per heavy atom. The van der Waals surface area contributed by atoms with Crippen LogP contribution in [-0.4, -0.2) is 31.6 Å². The Balaban J connectivity index is 2.06. The smallest absolute Gasteiger partial charge is 0.306 e. The normalized spacial score (nSPS) is 26.6. The molecule has 1 aliphatic rings. The second-order valence-electron chi connectivity index (χ2n) is 5.83. The van der Waals surface area contributed by atoms with E-state index in [-0.39, 0.29) is 5.92 Å². The summed E-state index contributed by atoms with van der Waals surface area (Å²) in [5, 5.41) is 24.2. The number of rotatable bonds is 5. The number of hydrogen-bond donors (Lipinski definition) is 2. The molecule has 1 aromatic rings. The van der Waals surface area contributed by atoms with E-state index in [1.54, 1.807) is 0 Å². The van der Waals surface area contributed by atoms with Crippen LogP contribution in [0.15, 0.2) is 6.07 Å². The lowest BCUT2D eigenvalue weighted by atomic mass is 9.79. The van der Waals surface area contributed by atoms with Crippen molar-refractivity contribution in [2.24, 2.45) is 5.92 Å². The monoisotopic (exact) mass is 280 g/mol. The maximum absolute atomic E-state index is 11.0. The van der Waals surface area contributed by atoms with Gasteiger partial charge in [0.25, 0.3) is 0 Å². The largest absolute Gasteiger partial charge is 0.481 e. The number of aryl methyl sites for hydroxylation is 2. The first-order chi connectivity index (χ1) is 9.47. The Morgan fingerprint density at radius 1 is 1.40 bits per heavy atom. The van der Waals surface area contributed by atoms with Gasteiger partial charge in [0.05, 0.1) is 23.8 Å². The van der Waals surface area contributed by atoms with E-state index >= 15 is 0 Å². The second-order valence-corrected chi connectivity index (χ2v) is 5.83. The summed E-state index contributed by atoms with van der Waals surface area (Å²) in [4.78, 5) is 11.0. The van der Waals surface area contributed by atoms with Gasteiger partial charge in [-0.1, -0.05) is 13.8 Å². The predicted octanol–water partition coefficient (Wildman–Crippen LogP) is 2.01. The standard InChI is InChI=1S/C15H24N2O3/c1-3-12-9-13(4-2)17(16-12)10-15(20)7-5-11(6-8-15)14(18)19/h9,11,20H,3-8,10H2,1-2H3,(H,18,19). The Labute approximate surface area is 119 Å². The fourth-order valence-corrected chi connectivity index (χ4v) is 2.95. The van der Waals surface area contributed by atoms with Crippen molar-refractivity contribution in [3.63, 3.8) is 0 Å². The first-order valence-electron chi connectivity index (χ1n) is 7.48. The van der Waals surface area contributed by atoms with Gasteiger partial charge in [-0.15, -0.1) is 0 Å². The molecule has 0 amide bonds. The lowest BCUT2D eigenvalue weighted by Gasteiger charge is -2.34. The topological polar surface area (TPSA) is 75.4 Å². The molecule has 0 aliphatic heterocycles. The Hall–Kier alpha value is -1.36. The highest BCUT2D eigenvalue weighted by atomic mass is 16.4. The van der Waals surface area contributed by atoms with Crippen molar-refractivity contribution in [2.75, 3.05) is 0 Å². The summed E-state index contributed by atoms with van der Waals surface area (Å²) in [6.45, 7) is 4.62. The van der Waals surface area contributed by atoms with Crippen molar-refractivity contribution in [3.8, 4) is 0 Å². The summed E-state index contributed by atoms with van der Waals surface area (Å²) in [5.41, 5.74) is 1.37. The van der Waals surface area contributed by atoms with Crippen molar-refractivity contribution in [2.45, 2.75) is 64.5 Å². The fraction of sp³-hybridized carbons (Fsp3) is 0.733. The number of aliphatic hydroxyl groups is 1. The first-order valence-corrected chi connectivity index (χ1v) is 7.48. The van der Waals surface area contributed by atoms with Crippen LogP contribution in [0.25, 0.3) is 0 Å². The van der Waals surface area contributed by atoms with Gasteiger partial charge < -0.3 is 10.2 Å². The molecular formula is C15H24N2O3. The molecule has 5 nitrogen and oxygen atoms in total. The molecule has 1 heterocycles. The van der Waals surface area contributed by atoms with Gasteiger partial charge in [0.1, 0.15) is 0 Å². The SMILES string of the molecule is CCc1cc(CC)n(CC2(O)CCC(C(=O)O)CC2)n1. The summed E-state index contributed by atoms with van der Waals surface area (Å²) < 4.78 is 1.90. The molecule has 0 radical (unpaired) electrons. The molecule has 0 unspecified atom stereocenters. The summed E-state index contributed by atoms with van der Waals surface area (Å²) in [7, 11) is 0. The maximum atomic E-state index is 11.0. The van der Waals surface area contributed by atoms with Crippen LogP contribution in [0.1, 0.15) is 50.9 Å². The van der Waals surface area contributed by atoms with Crippen molar-refractivity contribution in [3.05, 3.63) is 17.5 Å². The van der Waals surface area contributed by atoms with Crippen LogP contribution in [0.5, 0.6) is 0 Å². The van der Waals surface area contributed by atoms with Crippen LogP contribution in [0.3, 0.4) is 0 Å². The molecule has 1 fully saturated rings. The zero-order valence-corrected chi connectivity index (χ0v) is 12.3. The summed E-state index contributed by atoms with van der Waals surface area (Å²) in [6.07, 6.45) is 3.95. The zero-order chi connectivity index (χ0) is 14.8. The molecule has 0 spiro atoms. The van der Waals surface area contributed by atoms with Gasteiger partial charge >= 0.3 is 5.97 Å². The molecule has 0 bridgehead atoms. The molecule has 2 N–H and O–H groups in total. The quantitative estimate of drug-likeness (QED) is 0.865. The molecule has 0 saturated heterocycles. The van der Waals surface area contributed by atoms with Crippen LogP contribution >= 0.6 is 0 Å². The van der Waals surface area contributed by atoms with Crippen LogP contribution < -0.4 is 0 Å². The van der Waals surface area contributed by atoms with E-state index < -0.39 is 11.6 Å². The minimum Gasteiger partial charge on any atom is -0.481 e. The van der Waals surface area contributed by atoms with E-state index in [0.717, 1.165) is 24.2 Å². The van der Waals surface area contributed by atoms with Crippen LogP contribution in [0.2, 0.25) is 0 Å². The Bertz CT molecular complexity index is 473. The van der Waals surface area contributed by atoms with Gasteiger partial charge in [-0.3, -0.25) is 9.48 Å². The summed E-state index contributed by atoms with van der Waals surface area (Å²) in [6, 6.07) is 2.09. The van der Waals surface area contributed by atoms with Crippen molar-refractivity contribution >= 4 is 5.97 Å². The highest BCUT2D eigenvalue weighted by Gasteiger charge is 2.36. The number of aromatic nitrogens is 2. The third-order valence-corrected chi connectivity index (χ3v) is 4.35. The fourth-order valence-electron chi connectivity index (χ4n) is 2.95. The van der Waals surface area contributed by atoms with Crippen molar-refractivity contribution in [1.29, 1.82) is 0 Å². The molecule has 20 heavy (non-hydrogen) atoms. The average Bonchev–Trinajstić information content (AvgIpc) is 2.80. The highest BCUT2D eigenvalue weighted by molar-refractivity contribution is 5.70. The Morgan fingerprint density at radius 3 is 2.55 bits per heavy atom. The van der Waals surface area contributed by atoms with Gasteiger partial charge in [-0.25, -0.2) is 0 Å². The zero-order valence-electron chi connectivity index (χ0n) is 12.3. The third-order valence-electron chi connectivity index (χ3n) is 4.35. The predicted molar refractivity (Wildman–Crippen MR) is 75.5 cm³/mol. The van der Waals surface area contributed by atoms with E-state index in [1.807, 2.05) is 4.68 Å². The average molecular weight is 280 g/mol. The molecule has 1 saturated carbocycles. The molecule has 0 aromatic carbocycles. The van der Waals surface area contributed by atoms with Crippen LogP contribution in [0, 0.1) is 5.92 Å².